The summed E-state index contributed by atoms with van der Waals surface area (Å²) in [5, 5.41) is 38.6. The number of hydrogen-bond donors (Lipinski definition) is 1. The number of pyridine rings is 1. The number of nitriles is 1. The van der Waals surface area contributed by atoms with Crippen LogP contribution in [0.3, 0.4) is 0 Å². The normalized spacial score (nSPS) is 11.4. The van der Waals surface area contributed by atoms with E-state index >= 15 is 0 Å². The topological polar surface area (TPSA) is 143 Å². The minimum Gasteiger partial charge on any atom is -0.497 e. The molecule has 3 rings (SSSR count). The van der Waals surface area contributed by atoms with Crippen LogP contribution in [0.5, 0.6) is 11.6 Å². The SMILES string of the molecule is COc1ccc(CCn2c(O)c(C#N)c(C)c(N=Nc3ccc(C(F)(F)F)cc3[N+](=O)[O-])c2=O)cc1. The molecule has 10 nitrogen and oxygen atoms in total. The number of alkyl halides is 3. The highest BCUT2D eigenvalue weighted by Crippen LogP contribution is 2.37. The second-order valence-electron chi connectivity index (χ2n) is 7.50. The highest BCUT2D eigenvalue weighted by molar-refractivity contribution is 5.60. The number of aromatic hydroxyl groups is 1. The lowest BCUT2D eigenvalue weighted by atomic mass is 10.1. The number of aromatic nitrogens is 1. The average Bonchev–Trinajstić information content (AvgIpc) is 2.83. The van der Waals surface area contributed by atoms with Crippen molar-refractivity contribution in [3.8, 4) is 17.7 Å². The van der Waals surface area contributed by atoms with Crippen molar-refractivity contribution in [3.63, 3.8) is 0 Å². The molecular weight excluding hydrogens is 483 g/mol. The first-order valence-electron chi connectivity index (χ1n) is 10.2. The van der Waals surface area contributed by atoms with Crippen LogP contribution in [-0.4, -0.2) is 21.7 Å². The lowest BCUT2D eigenvalue weighted by molar-refractivity contribution is -0.384. The third-order valence-corrected chi connectivity index (χ3v) is 5.31. The fourth-order valence-electron chi connectivity index (χ4n) is 3.33. The van der Waals surface area contributed by atoms with Crippen LogP contribution < -0.4 is 10.3 Å². The Morgan fingerprint density at radius 2 is 1.86 bits per heavy atom. The zero-order valence-corrected chi connectivity index (χ0v) is 18.9. The van der Waals surface area contributed by atoms with E-state index in [0.29, 0.717) is 17.9 Å². The smallest absolute Gasteiger partial charge is 0.416 e. The van der Waals surface area contributed by atoms with Crippen LogP contribution in [0.25, 0.3) is 0 Å². The molecule has 0 bridgehead atoms. The van der Waals surface area contributed by atoms with E-state index < -0.39 is 45.2 Å². The van der Waals surface area contributed by atoms with Gasteiger partial charge in [0.2, 0.25) is 5.88 Å². The number of methoxy groups -OCH3 is 1. The van der Waals surface area contributed by atoms with E-state index in [4.69, 9.17) is 4.74 Å². The number of nitro benzene ring substituents is 1. The average molecular weight is 501 g/mol. The molecule has 1 aromatic heterocycles. The van der Waals surface area contributed by atoms with E-state index in [1.165, 1.54) is 14.0 Å². The summed E-state index contributed by atoms with van der Waals surface area (Å²) in [6.07, 6.45) is -4.53. The van der Waals surface area contributed by atoms with Crippen LogP contribution in [-0.2, 0) is 19.1 Å². The van der Waals surface area contributed by atoms with Crippen LogP contribution in [0.4, 0.5) is 30.2 Å². The maximum atomic E-state index is 13.1. The second-order valence-corrected chi connectivity index (χ2v) is 7.50. The van der Waals surface area contributed by atoms with Gasteiger partial charge >= 0.3 is 6.18 Å². The minimum absolute atomic E-state index is 0.0426. The fraction of sp³-hybridized carbons (Fsp3) is 0.217. The summed E-state index contributed by atoms with van der Waals surface area (Å²) in [4.78, 5) is 23.3. The highest BCUT2D eigenvalue weighted by atomic mass is 19.4. The molecule has 0 saturated heterocycles. The maximum Gasteiger partial charge on any atom is 0.416 e. The first-order valence-corrected chi connectivity index (χ1v) is 10.2. The number of nitrogens with zero attached hydrogens (tertiary/aromatic N) is 5. The van der Waals surface area contributed by atoms with Gasteiger partial charge in [-0.15, -0.1) is 10.2 Å². The molecule has 0 amide bonds. The summed E-state index contributed by atoms with van der Waals surface area (Å²) < 4.78 is 44.8. The molecule has 0 aliphatic rings. The van der Waals surface area contributed by atoms with E-state index in [1.54, 1.807) is 30.3 Å². The number of azo groups is 1. The Hall–Kier alpha value is -4.73. The summed E-state index contributed by atoms with van der Waals surface area (Å²) in [6.45, 7) is 1.28. The van der Waals surface area contributed by atoms with Crippen LogP contribution in [0, 0.1) is 28.4 Å². The quantitative estimate of drug-likeness (QED) is 0.263. The van der Waals surface area contributed by atoms with Crippen LogP contribution in [0.15, 0.2) is 57.5 Å². The number of halogens is 3. The zero-order valence-electron chi connectivity index (χ0n) is 18.9. The molecule has 2 aromatic carbocycles. The van der Waals surface area contributed by atoms with Gasteiger partial charge in [0.25, 0.3) is 11.2 Å². The van der Waals surface area contributed by atoms with E-state index in [2.05, 4.69) is 10.2 Å². The zero-order chi connectivity index (χ0) is 26.6. The predicted octanol–water partition coefficient (Wildman–Crippen LogP) is 5.33. The molecule has 0 spiro atoms. The number of ether oxygens (including phenoxy) is 1. The van der Waals surface area contributed by atoms with Crippen molar-refractivity contribution < 1.29 is 27.9 Å². The van der Waals surface area contributed by atoms with Crippen molar-refractivity contribution in [1.82, 2.24) is 4.57 Å². The molecule has 36 heavy (non-hydrogen) atoms. The highest BCUT2D eigenvalue weighted by Gasteiger charge is 2.33. The summed E-state index contributed by atoms with van der Waals surface area (Å²) in [5.74, 6) is 0.0360. The van der Waals surface area contributed by atoms with E-state index in [1.807, 2.05) is 0 Å². The molecule has 0 radical (unpaired) electrons. The standard InChI is InChI=1S/C23H18F3N5O5/c1-13-17(12-27)21(32)30(10-9-14-3-6-16(36-2)7-4-14)22(33)20(13)29-28-18-8-5-15(23(24,25)26)11-19(18)31(34)35/h3-8,11,32H,9-10H2,1-2H3. The van der Waals surface area contributed by atoms with Crippen LogP contribution in [0.1, 0.15) is 22.3 Å². The number of hydrogen-bond acceptors (Lipinski definition) is 8. The van der Waals surface area contributed by atoms with Crippen molar-refractivity contribution in [2.24, 2.45) is 10.2 Å². The Morgan fingerprint density at radius 1 is 1.19 bits per heavy atom. The lowest BCUT2D eigenvalue weighted by Crippen LogP contribution is -2.23. The molecule has 1 heterocycles. The molecule has 0 fully saturated rings. The molecule has 0 saturated carbocycles. The second kappa shape index (κ2) is 10.3. The molecule has 0 aliphatic carbocycles. The summed E-state index contributed by atoms with van der Waals surface area (Å²) >= 11 is 0. The van der Waals surface area contributed by atoms with Crippen molar-refractivity contribution >= 4 is 17.1 Å². The Balaban J connectivity index is 2.04. The Kier molecular flexibility index (Phi) is 7.38. The third-order valence-electron chi connectivity index (χ3n) is 5.31. The van der Waals surface area contributed by atoms with E-state index in [-0.39, 0.29) is 24.1 Å². The molecule has 3 aromatic rings. The van der Waals surface area contributed by atoms with Gasteiger partial charge in [-0.1, -0.05) is 12.1 Å². The van der Waals surface area contributed by atoms with Gasteiger partial charge in [0.05, 0.1) is 17.6 Å². The largest absolute Gasteiger partial charge is 0.497 e. The van der Waals surface area contributed by atoms with E-state index in [9.17, 15) is 38.4 Å². The molecule has 0 aliphatic heterocycles. The van der Waals surface area contributed by atoms with Crippen molar-refractivity contribution in [2.45, 2.75) is 26.1 Å². The monoisotopic (exact) mass is 501 g/mol. The van der Waals surface area contributed by atoms with Crippen molar-refractivity contribution in [2.75, 3.05) is 7.11 Å². The predicted molar refractivity (Wildman–Crippen MR) is 121 cm³/mol. The molecular formula is C23H18F3N5O5. The van der Waals surface area contributed by atoms with Crippen LogP contribution >= 0.6 is 0 Å². The molecule has 13 heteroatoms. The Bertz CT molecular complexity index is 1440. The summed E-state index contributed by atoms with van der Waals surface area (Å²) in [6, 6.07) is 10.4. The first-order chi connectivity index (χ1) is 17.0. The van der Waals surface area contributed by atoms with Crippen LogP contribution in [0.2, 0.25) is 0 Å². The van der Waals surface area contributed by atoms with Gasteiger partial charge in [-0.05, 0) is 43.2 Å². The fourth-order valence-corrected chi connectivity index (χ4v) is 3.33. The summed E-state index contributed by atoms with van der Waals surface area (Å²) in [7, 11) is 1.51. The molecule has 1 N–H and O–H groups in total. The maximum absolute atomic E-state index is 13.1. The van der Waals surface area contributed by atoms with Gasteiger partial charge < -0.3 is 9.84 Å². The van der Waals surface area contributed by atoms with Gasteiger partial charge in [-0.2, -0.15) is 18.4 Å². The van der Waals surface area contributed by atoms with E-state index in [0.717, 1.165) is 16.2 Å². The minimum atomic E-state index is -4.81. The van der Waals surface area contributed by atoms with Gasteiger partial charge in [-0.3, -0.25) is 19.5 Å². The number of rotatable bonds is 7. The van der Waals surface area contributed by atoms with Gasteiger partial charge in [-0.25, -0.2) is 0 Å². The first kappa shape index (κ1) is 25.9. The van der Waals surface area contributed by atoms with Gasteiger partial charge in [0.1, 0.15) is 17.4 Å². The molecule has 186 valence electrons. The number of aryl methyl sites for hydroxylation is 1. The number of benzene rings is 2. The summed E-state index contributed by atoms with van der Waals surface area (Å²) in [5.41, 5.74) is -3.48. The Morgan fingerprint density at radius 3 is 2.42 bits per heavy atom. The molecule has 0 atom stereocenters. The lowest BCUT2D eigenvalue weighted by Gasteiger charge is -2.13. The number of nitro groups is 1. The molecule has 0 unspecified atom stereocenters. The van der Waals surface area contributed by atoms with Gasteiger partial charge in [0, 0.05) is 18.2 Å². The van der Waals surface area contributed by atoms with Crippen molar-refractivity contribution in [1.29, 1.82) is 5.26 Å². The Labute approximate surface area is 201 Å². The van der Waals surface area contributed by atoms with Crippen molar-refractivity contribution in [3.05, 3.63) is 85.2 Å². The van der Waals surface area contributed by atoms with Gasteiger partial charge in [0.15, 0.2) is 11.4 Å². The third kappa shape index (κ3) is 5.33.